The quantitative estimate of drug-likeness (QED) is 0.774. The van der Waals surface area contributed by atoms with Crippen LogP contribution < -0.4 is 4.90 Å². The number of anilines is 1. The Bertz CT molecular complexity index is 597. The van der Waals surface area contributed by atoms with E-state index in [1.165, 1.54) is 11.3 Å². The Morgan fingerprint density at radius 1 is 1.30 bits per heavy atom. The summed E-state index contributed by atoms with van der Waals surface area (Å²) < 4.78 is 5.49. The van der Waals surface area contributed by atoms with Gasteiger partial charge < -0.3 is 14.5 Å². The predicted molar refractivity (Wildman–Crippen MR) is 93.3 cm³/mol. The van der Waals surface area contributed by atoms with E-state index in [2.05, 4.69) is 17.0 Å². The minimum Gasteiger partial charge on any atom is -0.444 e. The fraction of sp³-hybridized carbons (Fsp3) is 0.611. The van der Waals surface area contributed by atoms with Gasteiger partial charge in [-0.1, -0.05) is 11.6 Å². The maximum absolute atomic E-state index is 12.2. The first-order valence-corrected chi connectivity index (χ1v) is 8.74. The number of amides is 1. The first-order valence-electron chi connectivity index (χ1n) is 8.36. The van der Waals surface area contributed by atoms with Crippen molar-refractivity contribution >= 4 is 23.4 Å². The molecule has 1 fully saturated rings. The van der Waals surface area contributed by atoms with Gasteiger partial charge in [0.15, 0.2) is 0 Å². The van der Waals surface area contributed by atoms with Crippen molar-refractivity contribution in [3.05, 3.63) is 28.8 Å². The standard InChI is InChI=1S/C18H25ClN2O2/c1-18(2,3)23-17(22)20-10-8-15(12-20)21-9-4-5-13-11-14(19)6-7-16(13)21/h6-7,11,15H,4-5,8-10,12H2,1-3H3. The molecule has 0 radical (unpaired) electrons. The minimum atomic E-state index is -0.441. The summed E-state index contributed by atoms with van der Waals surface area (Å²) in [5.41, 5.74) is 2.15. The molecule has 0 aromatic heterocycles. The molecule has 1 atom stereocenters. The molecule has 0 N–H and O–H groups in total. The van der Waals surface area contributed by atoms with Crippen LogP contribution in [0.5, 0.6) is 0 Å². The van der Waals surface area contributed by atoms with E-state index in [4.69, 9.17) is 16.3 Å². The molecule has 1 saturated heterocycles. The second-order valence-corrected chi connectivity index (χ2v) is 7.88. The summed E-state index contributed by atoms with van der Waals surface area (Å²) in [6.45, 7) is 8.26. The summed E-state index contributed by atoms with van der Waals surface area (Å²) in [6, 6.07) is 6.51. The first-order chi connectivity index (χ1) is 10.8. The molecule has 0 spiro atoms. The van der Waals surface area contributed by atoms with Crippen LogP contribution in [-0.4, -0.2) is 42.3 Å². The topological polar surface area (TPSA) is 32.8 Å². The van der Waals surface area contributed by atoms with Crippen molar-refractivity contribution in [3.8, 4) is 0 Å². The van der Waals surface area contributed by atoms with Crippen molar-refractivity contribution in [1.82, 2.24) is 4.90 Å². The zero-order valence-electron chi connectivity index (χ0n) is 14.1. The fourth-order valence-electron chi connectivity index (χ4n) is 3.46. The molecule has 5 heteroatoms. The van der Waals surface area contributed by atoms with Crippen LogP contribution in [0, 0.1) is 0 Å². The van der Waals surface area contributed by atoms with Crippen molar-refractivity contribution < 1.29 is 9.53 Å². The average molecular weight is 337 g/mol. The predicted octanol–water partition coefficient (Wildman–Crippen LogP) is 4.10. The number of rotatable bonds is 1. The summed E-state index contributed by atoms with van der Waals surface area (Å²) in [4.78, 5) is 16.5. The normalized spacial score (nSPS) is 21.3. The van der Waals surface area contributed by atoms with Gasteiger partial charge in [0.2, 0.25) is 0 Å². The highest BCUT2D eigenvalue weighted by atomic mass is 35.5. The van der Waals surface area contributed by atoms with Gasteiger partial charge in [0, 0.05) is 36.4 Å². The van der Waals surface area contributed by atoms with Gasteiger partial charge in [-0.2, -0.15) is 0 Å². The van der Waals surface area contributed by atoms with E-state index in [1.54, 1.807) is 0 Å². The third-order valence-corrected chi connectivity index (χ3v) is 4.69. The number of halogens is 1. The Hall–Kier alpha value is -1.42. The van der Waals surface area contributed by atoms with Gasteiger partial charge in [-0.3, -0.25) is 0 Å². The molecule has 1 unspecified atom stereocenters. The number of likely N-dealkylation sites (tertiary alicyclic amines) is 1. The summed E-state index contributed by atoms with van der Waals surface area (Å²) in [5, 5.41) is 0.799. The molecule has 1 aromatic carbocycles. The third kappa shape index (κ3) is 3.74. The van der Waals surface area contributed by atoms with Crippen molar-refractivity contribution in [3.63, 3.8) is 0 Å². The molecule has 3 rings (SSSR count). The molecule has 0 saturated carbocycles. The number of aryl methyl sites for hydroxylation is 1. The number of hydrogen-bond donors (Lipinski definition) is 0. The smallest absolute Gasteiger partial charge is 0.410 e. The van der Waals surface area contributed by atoms with Crippen LogP contribution in [-0.2, 0) is 11.2 Å². The Morgan fingerprint density at radius 3 is 2.83 bits per heavy atom. The molecule has 0 bridgehead atoms. The van der Waals surface area contributed by atoms with Crippen LogP contribution in [0.15, 0.2) is 18.2 Å². The number of ether oxygens (including phenoxy) is 1. The fourth-order valence-corrected chi connectivity index (χ4v) is 3.66. The number of carbonyl (C=O) groups is 1. The molecule has 2 heterocycles. The van der Waals surface area contributed by atoms with E-state index in [-0.39, 0.29) is 6.09 Å². The molecule has 2 aliphatic heterocycles. The number of carbonyl (C=O) groups excluding carboxylic acids is 1. The van der Waals surface area contributed by atoms with Crippen molar-refractivity contribution in [1.29, 1.82) is 0 Å². The van der Waals surface area contributed by atoms with E-state index < -0.39 is 5.60 Å². The lowest BCUT2D eigenvalue weighted by Crippen LogP contribution is -2.42. The second kappa shape index (κ2) is 6.23. The van der Waals surface area contributed by atoms with E-state index in [9.17, 15) is 4.79 Å². The van der Waals surface area contributed by atoms with Crippen LogP contribution in [0.3, 0.4) is 0 Å². The highest BCUT2D eigenvalue weighted by molar-refractivity contribution is 6.30. The van der Waals surface area contributed by atoms with Crippen LogP contribution in [0.1, 0.15) is 39.2 Å². The monoisotopic (exact) mass is 336 g/mol. The van der Waals surface area contributed by atoms with Gasteiger partial charge in [-0.15, -0.1) is 0 Å². The minimum absolute atomic E-state index is 0.201. The Labute approximate surface area is 143 Å². The molecule has 4 nitrogen and oxygen atoms in total. The molecule has 2 aliphatic rings. The Morgan fingerprint density at radius 2 is 2.09 bits per heavy atom. The zero-order chi connectivity index (χ0) is 16.6. The average Bonchev–Trinajstić information content (AvgIpc) is 2.94. The van der Waals surface area contributed by atoms with Gasteiger partial charge >= 0.3 is 6.09 Å². The summed E-state index contributed by atoms with van der Waals surface area (Å²) in [7, 11) is 0. The Kier molecular flexibility index (Phi) is 4.45. The van der Waals surface area contributed by atoms with Gasteiger partial charge in [0.05, 0.1) is 0 Å². The van der Waals surface area contributed by atoms with Crippen LogP contribution >= 0.6 is 11.6 Å². The molecule has 1 amide bonds. The number of nitrogens with zero attached hydrogens (tertiary/aromatic N) is 2. The zero-order valence-corrected chi connectivity index (χ0v) is 14.9. The largest absolute Gasteiger partial charge is 0.444 e. The van der Waals surface area contributed by atoms with Crippen LogP contribution in [0.25, 0.3) is 0 Å². The van der Waals surface area contributed by atoms with Gasteiger partial charge in [0.25, 0.3) is 0 Å². The van der Waals surface area contributed by atoms with Crippen molar-refractivity contribution in [2.75, 3.05) is 24.5 Å². The molecule has 126 valence electrons. The molecular weight excluding hydrogens is 312 g/mol. The SMILES string of the molecule is CC(C)(C)OC(=O)N1CCC(N2CCCc3cc(Cl)ccc32)C1. The molecule has 0 aliphatic carbocycles. The highest BCUT2D eigenvalue weighted by Gasteiger charge is 2.34. The summed E-state index contributed by atoms with van der Waals surface area (Å²) in [6.07, 6.45) is 3.00. The molecule has 1 aromatic rings. The van der Waals surface area contributed by atoms with E-state index in [1.807, 2.05) is 31.7 Å². The van der Waals surface area contributed by atoms with Gasteiger partial charge in [0.1, 0.15) is 5.60 Å². The lowest BCUT2D eigenvalue weighted by atomic mass is 9.99. The summed E-state index contributed by atoms with van der Waals surface area (Å²) in [5.74, 6) is 0. The van der Waals surface area contributed by atoms with E-state index in [0.717, 1.165) is 43.9 Å². The third-order valence-electron chi connectivity index (χ3n) is 4.45. The van der Waals surface area contributed by atoms with Crippen molar-refractivity contribution in [2.24, 2.45) is 0 Å². The van der Waals surface area contributed by atoms with Crippen LogP contribution in [0.2, 0.25) is 5.02 Å². The number of fused-ring (bicyclic) bond motifs is 1. The first kappa shape index (κ1) is 16.4. The van der Waals surface area contributed by atoms with Gasteiger partial charge in [-0.05, 0) is 63.8 Å². The lowest BCUT2D eigenvalue weighted by molar-refractivity contribution is 0.0292. The van der Waals surface area contributed by atoms with E-state index in [0.29, 0.717) is 6.04 Å². The number of benzene rings is 1. The number of hydrogen-bond acceptors (Lipinski definition) is 3. The molecular formula is C18H25ClN2O2. The summed E-state index contributed by atoms with van der Waals surface area (Å²) >= 11 is 6.12. The lowest BCUT2D eigenvalue weighted by Gasteiger charge is -2.36. The van der Waals surface area contributed by atoms with Gasteiger partial charge in [-0.25, -0.2) is 4.79 Å². The van der Waals surface area contributed by atoms with E-state index >= 15 is 0 Å². The maximum Gasteiger partial charge on any atom is 0.410 e. The molecule has 23 heavy (non-hydrogen) atoms. The van der Waals surface area contributed by atoms with Crippen molar-refractivity contribution in [2.45, 2.75) is 51.7 Å². The second-order valence-electron chi connectivity index (χ2n) is 7.44. The highest BCUT2D eigenvalue weighted by Crippen LogP contribution is 2.33. The Balaban J connectivity index is 1.70. The maximum atomic E-state index is 12.2. The van der Waals surface area contributed by atoms with Crippen LogP contribution in [0.4, 0.5) is 10.5 Å².